The van der Waals surface area contributed by atoms with Gasteiger partial charge in [-0.15, -0.1) is 0 Å². The largest absolute Gasteiger partial charge is 0.383 e. The molecule has 1 aliphatic rings. The number of rotatable bonds is 2. The first kappa shape index (κ1) is 10.2. The Balaban J connectivity index is 2.94. The average Bonchev–Trinajstić information content (AvgIpc) is 1.94. The van der Waals surface area contributed by atoms with Gasteiger partial charge in [-0.05, 0) is 19.9 Å². The van der Waals surface area contributed by atoms with Crippen LogP contribution in [0.25, 0.3) is 0 Å². The molecule has 0 amide bonds. The van der Waals surface area contributed by atoms with Gasteiger partial charge < -0.3 is 10.2 Å². The highest BCUT2D eigenvalue weighted by molar-refractivity contribution is 5.77. The van der Waals surface area contributed by atoms with E-state index in [1.165, 1.54) is 26.0 Å². The summed E-state index contributed by atoms with van der Waals surface area (Å²) in [6, 6.07) is 0. The predicted octanol–water partition coefficient (Wildman–Crippen LogP) is 0.574. The molecular formula is C10H14O3. The molecule has 0 aromatic carbocycles. The van der Waals surface area contributed by atoms with Gasteiger partial charge in [-0.1, -0.05) is 18.2 Å². The van der Waals surface area contributed by atoms with Crippen LogP contribution in [0.4, 0.5) is 0 Å². The Morgan fingerprint density at radius 3 is 2.31 bits per heavy atom. The molecule has 0 heterocycles. The van der Waals surface area contributed by atoms with Crippen LogP contribution in [0.2, 0.25) is 0 Å². The number of allylic oxidation sites excluding steroid dienone is 2. The number of hydrogen-bond donors (Lipinski definition) is 2. The lowest BCUT2D eigenvalue weighted by Gasteiger charge is -2.38. The van der Waals surface area contributed by atoms with E-state index >= 15 is 0 Å². The van der Waals surface area contributed by atoms with Gasteiger partial charge in [0.2, 0.25) is 0 Å². The van der Waals surface area contributed by atoms with E-state index in [1.807, 2.05) is 0 Å². The SMILES string of the molecule is CC(=O)CC1(O)C=CC=CC1(C)O. The van der Waals surface area contributed by atoms with E-state index in [0.29, 0.717) is 0 Å². The Bertz CT molecular complexity index is 276. The summed E-state index contributed by atoms with van der Waals surface area (Å²) in [6.45, 7) is 2.87. The molecule has 0 saturated carbocycles. The smallest absolute Gasteiger partial charge is 0.133 e. The molecule has 0 bridgehead atoms. The molecule has 72 valence electrons. The van der Waals surface area contributed by atoms with Gasteiger partial charge in [0.1, 0.15) is 17.0 Å². The van der Waals surface area contributed by atoms with Crippen LogP contribution in [-0.4, -0.2) is 27.2 Å². The van der Waals surface area contributed by atoms with Gasteiger partial charge in [0, 0.05) is 6.42 Å². The molecule has 0 fully saturated rings. The van der Waals surface area contributed by atoms with E-state index < -0.39 is 11.2 Å². The zero-order chi connectivity index (χ0) is 10.1. The molecule has 0 aromatic heterocycles. The predicted molar refractivity (Wildman–Crippen MR) is 49.2 cm³/mol. The van der Waals surface area contributed by atoms with E-state index in [-0.39, 0.29) is 12.2 Å². The van der Waals surface area contributed by atoms with Gasteiger partial charge in [-0.25, -0.2) is 0 Å². The molecule has 0 aromatic rings. The van der Waals surface area contributed by atoms with Crippen LogP contribution in [0.1, 0.15) is 20.3 Å². The molecule has 0 radical (unpaired) electrons. The van der Waals surface area contributed by atoms with Crippen molar-refractivity contribution in [1.82, 2.24) is 0 Å². The molecule has 0 saturated heterocycles. The maximum atomic E-state index is 10.9. The fraction of sp³-hybridized carbons (Fsp3) is 0.500. The Kier molecular flexibility index (Phi) is 2.41. The first-order valence-corrected chi connectivity index (χ1v) is 4.19. The summed E-state index contributed by atoms with van der Waals surface area (Å²) in [4.78, 5) is 10.9. The second-order valence-corrected chi connectivity index (χ2v) is 3.67. The van der Waals surface area contributed by atoms with Gasteiger partial charge in [-0.2, -0.15) is 0 Å². The maximum absolute atomic E-state index is 10.9. The molecule has 2 unspecified atom stereocenters. The lowest BCUT2D eigenvalue weighted by atomic mass is 9.78. The van der Waals surface area contributed by atoms with Crippen LogP contribution in [0.15, 0.2) is 24.3 Å². The monoisotopic (exact) mass is 182 g/mol. The molecule has 1 aliphatic carbocycles. The summed E-state index contributed by atoms with van der Waals surface area (Å²) < 4.78 is 0. The Hall–Kier alpha value is -0.930. The minimum atomic E-state index is -1.46. The van der Waals surface area contributed by atoms with E-state index in [1.54, 1.807) is 12.2 Å². The summed E-state index contributed by atoms with van der Waals surface area (Å²) in [5, 5.41) is 19.8. The van der Waals surface area contributed by atoms with Crippen molar-refractivity contribution in [1.29, 1.82) is 0 Å². The van der Waals surface area contributed by atoms with Crippen molar-refractivity contribution in [3.05, 3.63) is 24.3 Å². The first-order valence-electron chi connectivity index (χ1n) is 4.19. The third kappa shape index (κ3) is 1.87. The average molecular weight is 182 g/mol. The zero-order valence-corrected chi connectivity index (χ0v) is 7.82. The van der Waals surface area contributed by atoms with Crippen molar-refractivity contribution in [2.24, 2.45) is 0 Å². The topological polar surface area (TPSA) is 57.5 Å². The van der Waals surface area contributed by atoms with Crippen LogP contribution >= 0.6 is 0 Å². The van der Waals surface area contributed by atoms with Crippen molar-refractivity contribution in [3.8, 4) is 0 Å². The number of carbonyl (C=O) groups excluding carboxylic acids is 1. The van der Waals surface area contributed by atoms with Crippen molar-refractivity contribution in [3.63, 3.8) is 0 Å². The summed E-state index contributed by atoms with van der Waals surface area (Å²) in [7, 11) is 0. The first-order chi connectivity index (χ1) is 5.87. The van der Waals surface area contributed by atoms with Gasteiger partial charge >= 0.3 is 0 Å². The summed E-state index contributed by atoms with van der Waals surface area (Å²) >= 11 is 0. The second-order valence-electron chi connectivity index (χ2n) is 3.67. The minimum Gasteiger partial charge on any atom is -0.383 e. The van der Waals surface area contributed by atoms with Crippen LogP contribution in [0.5, 0.6) is 0 Å². The van der Waals surface area contributed by atoms with Crippen LogP contribution in [0.3, 0.4) is 0 Å². The number of Topliss-reactive ketones (excluding diaryl/α,β-unsaturated/α-hetero) is 1. The molecule has 0 spiro atoms. The Labute approximate surface area is 77.4 Å². The molecule has 2 atom stereocenters. The third-order valence-corrected chi connectivity index (χ3v) is 2.30. The second kappa shape index (κ2) is 3.09. The highest BCUT2D eigenvalue weighted by atomic mass is 16.4. The summed E-state index contributed by atoms with van der Waals surface area (Å²) in [6.07, 6.45) is 6.14. The summed E-state index contributed by atoms with van der Waals surface area (Å²) in [5.74, 6) is -0.150. The molecule has 0 aliphatic heterocycles. The van der Waals surface area contributed by atoms with E-state index in [0.717, 1.165) is 0 Å². The van der Waals surface area contributed by atoms with Crippen molar-refractivity contribution >= 4 is 5.78 Å². The van der Waals surface area contributed by atoms with Gasteiger partial charge in [0.05, 0.1) is 0 Å². The van der Waals surface area contributed by atoms with Gasteiger partial charge in [-0.3, -0.25) is 4.79 Å². The Morgan fingerprint density at radius 2 is 1.85 bits per heavy atom. The van der Waals surface area contributed by atoms with Crippen LogP contribution in [-0.2, 0) is 4.79 Å². The lowest BCUT2D eigenvalue weighted by molar-refractivity contribution is -0.130. The van der Waals surface area contributed by atoms with Gasteiger partial charge in [0.15, 0.2) is 0 Å². The van der Waals surface area contributed by atoms with Crippen molar-refractivity contribution < 1.29 is 15.0 Å². The van der Waals surface area contributed by atoms with Crippen LogP contribution in [0, 0.1) is 0 Å². The molecule has 3 heteroatoms. The fourth-order valence-corrected chi connectivity index (χ4v) is 1.39. The number of aliphatic hydroxyl groups is 2. The quantitative estimate of drug-likeness (QED) is 0.656. The number of hydrogen-bond acceptors (Lipinski definition) is 3. The van der Waals surface area contributed by atoms with Crippen molar-refractivity contribution in [2.75, 3.05) is 0 Å². The standard InChI is InChI=1S/C10H14O3/c1-8(11)7-10(13)6-4-3-5-9(10,2)12/h3-6,12-13H,7H2,1-2H3. The van der Waals surface area contributed by atoms with E-state index in [9.17, 15) is 15.0 Å². The number of ketones is 1. The molecular weight excluding hydrogens is 168 g/mol. The number of carbonyl (C=O) groups is 1. The fourth-order valence-electron chi connectivity index (χ4n) is 1.39. The lowest BCUT2D eigenvalue weighted by Crippen LogP contribution is -2.51. The van der Waals surface area contributed by atoms with E-state index in [4.69, 9.17) is 0 Å². The highest BCUT2D eigenvalue weighted by Crippen LogP contribution is 2.31. The molecule has 3 nitrogen and oxygen atoms in total. The summed E-state index contributed by atoms with van der Waals surface area (Å²) in [5.41, 5.74) is -2.83. The van der Waals surface area contributed by atoms with Crippen molar-refractivity contribution in [2.45, 2.75) is 31.5 Å². The zero-order valence-electron chi connectivity index (χ0n) is 7.82. The molecule has 13 heavy (non-hydrogen) atoms. The van der Waals surface area contributed by atoms with E-state index in [2.05, 4.69) is 0 Å². The van der Waals surface area contributed by atoms with Gasteiger partial charge in [0.25, 0.3) is 0 Å². The minimum absolute atomic E-state index is 0.0686. The highest BCUT2D eigenvalue weighted by Gasteiger charge is 2.43. The molecule has 2 N–H and O–H groups in total. The molecule has 1 rings (SSSR count). The Morgan fingerprint density at radius 1 is 1.31 bits per heavy atom. The van der Waals surface area contributed by atoms with Crippen LogP contribution < -0.4 is 0 Å². The normalized spacial score (nSPS) is 37.8. The third-order valence-electron chi connectivity index (χ3n) is 2.30. The maximum Gasteiger partial charge on any atom is 0.133 e.